The normalized spacial score (nSPS) is 23.8. The highest BCUT2D eigenvalue weighted by atomic mass is 16.5. The molecule has 0 aromatic carbocycles. The van der Waals surface area contributed by atoms with E-state index in [-0.39, 0.29) is 6.10 Å². The van der Waals surface area contributed by atoms with E-state index in [1.54, 1.807) is 7.11 Å². The minimum atomic E-state index is 0.274. The van der Waals surface area contributed by atoms with E-state index in [0.29, 0.717) is 19.0 Å². The first-order valence-electron chi connectivity index (χ1n) is 4.31. The molecule has 1 unspecified atom stereocenters. The molecule has 0 amide bonds. The number of methoxy groups -OCH3 is 1. The second-order valence-electron chi connectivity index (χ2n) is 2.96. The molecule has 1 N–H and O–H groups in total. The van der Waals surface area contributed by atoms with Gasteiger partial charge in [-0.3, -0.25) is 0 Å². The fourth-order valence-corrected chi connectivity index (χ4v) is 1.25. The van der Waals surface area contributed by atoms with Gasteiger partial charge in [0.25, 0.3) is 0 Å². The van der Waals surface area contributed by atoms with Gasteiger partial charge in [0, 0.05) is 13.5 Å². The maximum atomic E-state index is 9.08. The molecule has 0 aromatic rings. The monoisotopic (exact) mass is 172 g/mol. The first-order chi connectivity index (χ1) is 5.83. The van der Waals surface area contributed by atoms with Gasteiger partial charge in [-0.05, 0) is 18.9 Å². The molecule has 0 saturated heterocycles. The minimum absolute atomic E-state index is 0.274. The van der Waals surface area contributed by atoms with Crippen LogP contribution in [0.25, 0.3) is 0 Å². The van der Waals surface area contributed by atoms with Crippen molar-refractivity contribution in [2.75, 3.05) is 20.3 Å². The maximum absolute atomic E-state index is 9.08. The number of ether oxygens (including phenoxy) is 2. The lowest BCUT2D eigenvalue weighted by atomic mass is 10.0. The Bertz CT molecular complexity index is 154. The number of hydrogen-bond donors (Lipinski definition) is 1. The third-order valence-electron chi connectivity index (χ3n) is 1.98. The molecule has 70 valence electrons. The molecular weight excluding hydrogens is 156 g/mol. The summed E-state index contributed by atoms with van der Waals surface area (Å²) in [5.41, 5.74) is 0. The average molecular weight is 172 g/mol. The summed E-state index contributed by atoms with van der Waals surface area (Å²) in [4.78, 5) is 0. The van der Waals surface area contributed by atoms with Gasteiger partial charge < -0.3 is 14.6 Å². The molecule has 0 radical (unpaired) electrons. The van der Waals surface area contributed by atoms with Crippen molar-refractivity contribution in [1.29, 1.82) is 0 Å². The zero-order valence-electron chi connectivity index (χ0n) is 7.45. The number of allylic oxidation sites excluding steroid dienone is 1. The topological polar surface area (TPSA) is 38.7 Å². The molecule has 0 saturated carbocycles. The van der Waals surface area contributed by atoms with Crippen LogP contribution in [0.4, 0.5) is 0 Å². The molecular formula is C9H16O3. The second kappa shape index (κ2) is 5.17. The van der Waals surface area contributed by atoms with E-state index in [2.05, 4.69) is 0 Å². The van der Waals surface area contributed by atoms with Crippen LogP contribution in [0, 0.1) is 0 Å². The maximum Gasteiger partial charge on any atom is 0.0884 e. The van der Waals surface area contributed by atoms with Gasteiger partial charge in [-0.2, -0.15) is 0 Å². The van der Waals surface area contributed by atoms with Crippen LogP contribution in [0.15, 0.2) is 11.8 Å². The highest BCUT2D eigenvalue weighted by Gasteiger charge is 2.13. The molecule has 0 aliphatic heterocycles. The Hall–Kier alpha value is -0.540. The van der Waals surface area contributed by atoms with Gasteiger partial charge in [0.15, 0.2) is 0 Å². The van der Waals surface area contributed by atoms with Gasteiger partial charge in [-0.25, -0.2) is 0 Å². The highest BCUT2D eigenvalue weighted by Crippen LogP contribution is 2.18. The van der Waals surface area contributed by atoms with Gasteiger partial charge in [0.2, 0.25) is 0 Å². The van der Waals surface area contributed by atoms with Crippen LogP contribution < -0.4 is 0 Å². The zero-order valence-corrected chi connectivity index (χ0v) is 7.45. The Morgan fingerprint density at radius 1 is 1.58 bits per heavy atom. The molecule has 3 nitrogen and oxygen atoms in total. The van der Waals surface area contributed by atoms with Crippen LogP contribution >= 0.6 is 0 Å². The lowest BCUT2D eigenvalue weighted by Crippen LogP contribution is -2.18. The number of aliphatic hydroxyl groups is 1. The molecule has 1 aliphatic rings. The van der Waals surface area contributed by atoms with Gasteiger partial charge in [-0.1, -0.05) is 0 Å². The van der Waals surface area contributed by atoms with Crippen molar-refractivity contribution in [1.82, 2.24) is 0 Å². The largest absolute Gasteiger partial charge is 0.513 e. The summed E-state index contributed by atoms with van der Waals surface area (Å²) >= 11 is 0. The average Bonchev–Trinajstić information content (AvgIpc) is 2.09. The zero-order chi connectivity index (χ0) is 8.81. The van der Waals surface area contributed by atoms with Crippen LogP contribution in [-0.4, -0.2) is 31.5 Å². The Kier molecular flexibility index (Phi) is 4.11. The molecule has 0 bridgehead atoms. The van der Waals surface area contributed by atoms with Gasteiger partial charge in [0.05, 0.1) is 25.1 Å². The summed E-state index contributed by atoms with van der Waals surface area (Å²) in [5, 5.41) is 9.08. The molecule has 3 heteroatoms. The first kappa shape index (κ1) is 9.55. The van der Waals surface area contributed by atoms with E-state index in [1.165, 1.54) is 0 Å². The van der Waals surface area contributed by atoms with Crippen molar-refractivity contribution in [3.63, 3.8) is 0 Å². The SMILES string of the molecule is COCCOC1CC=C(O)CC1. The lowest BCUT2D eigenvalue weighted by Gasteiger charge is -2.19. The minimum Gasteiger partial charge on any atom is -0.513 e. The third-order valence-corrected chi connectivity index (χ3v) is 1.98. The molecule has 0 spiro atoms. The Morgan fingerprint density at radius 3 is 3.00 bits per heavy atom. The molecule has 0 fully saturated rings. The van der Waals surface area contributed by atoms with Crippen molar-refractivity contribution in [3.8, 4) is 0 Å². The molecule has 12 heavy (non-hydrogen) atoms. The summed E-state index contributed by atoms with van der Waals surface area (Å²) in [5.74, 6) is 0.501. The summed E-state index contributed by atoms with van der Waals surface area (Å²) in [6, 6.07) is 0. The van der Waals surface area contributed by atoms with Gasteiger partial charge >= 0.3 is 0 Å². The van der Waals surface area contributed by atoms with E-state index in [9.17, 15) is 0 Å². The van der Waals surface area contributed by atoms with Crippen LogP contribution in [0.3, 0.4) is 0 Å². The third kappa shape index (κ3) is 3.24. The van der Waals surface area contributed by atoms with Crippen molar-refractivity contribution in [3.05, 3.63) is 11.8 Å². The first-order valence-corrected chi connectivity index (χ1v) is 4.31. The fraction of sp³-hybridized carbons (Fsp3) is 0.778. The quantitative estimate of drug-likeness (QED) is 0.655. The van der Waals surface area contributed by atoms with E-state index >= 15 is 0 Å². The summed E-state index contributed by atoms with van der Waals surface area (Å²) in [7, 11) is 1.66. The predicted octanol–water partition coefficient (Wildman–Crippen LogP) is 1.64. The molecule has 0 heterocycles. The van der Waals surface area contributed by atoms with Crippen LogP contribution in [0.5, 0.6) is 0 Å². The summed E-state index contributed by atoms with van der Waals surface area (Å²) in [6.07, 6.45) is 4.61. The molecule has 1 atom stereocenters. The van der Waals surface area contributed by atoms with Crippen molar-refractivity contribution >= 4 is 0 Å². The standard InChI is InChI=1S/C9H16O3/c1-11-6-7-12-9-4-2-8(10)3-5-9/h2,9-10H,3-7H2,1H3. The van der Waals surface area contributed by atoms with Gasteiger partial charge in [0.1, 0.15) is 0 Å². The van der Waals surface area contributed by atoms with E-state index in [1.807, 2.05) is 6.08 Å². The lowest BCUT2D eigenvalue weighted by molar-refractivity contribution is 0.0104. The predicted molar refractivity (Wildman–Crippen MR) is 46.2 cm³/mol. The summed E-state index contributed by atoms with van der Waals surface area (Å²) < 4.78 is 10.4. The van der Waals surface area contributed by atoms with E-state index in [0.717, 1.165) is 19.3 Å². The number of aliphatic hydroxyl groups excluding tert-OH is 1. The Labute approximate surface area is 73.0 Å². The smallest absolute Gasteiger partial charge is 0.0884 e. The summed E-state index contributed by atoms with van der Waals surface area (Å²) in [6.45, 7) is 1.29. The number of hydrogen-bond acceptors (Lipinski definition) is 3. The second-order valence-corrected chi connectivity index (χ2v) is 2.96. The molecule has 1 aliphatic carbocycles. The van der Waals surface area contributed by atoms with Crippen molar-refractivity contribution < 1.29 is 14.6 Å². The molecule has 0 aromatic heterocycles. The van der Waals surface area contributed by atoms with Crippen molar-refractivity contribution in [2.24, 2.45) is 0 Å². The Morgan fingerprint density at radius 2 is 2.42 bits per heavy atom. The van der Waals surface area contributed by atoms with E-state index in [4.69, 9.17) is 14.6 Å². The van der Waals surface area contributed by atoms with Crippen LogP contribution in [-0.2, 0) is 9.47 Å². The Balaban J connectivity index is 2.10. The van der Waals surface area contributed by atoms with Crippen LogP contribution in [0.2, 0.25) is 0 Å². The molecule has 1 rings (SSSR count). The van der Waals surface area contributed by atoms with E-state index < -0.39 is 0 Å². The number of rotatable bonds is 4. The fourth-order valence-electron chi connectivity index (χ4n) is 1.25. The van der Waals surface area contributed by atoms with Crippen LogP contribution in [0.1, 0.15) is 19.3 Å². The highest BCUT2D eigenvalue weighted by molar-refractivity contribution is 4.97. The van der Waals surface area contributed by atoms with Crippen molar-refractivity contribution in [2.45, 2.75) is 25.4 Å². The van der Waals surface area contributed by atoms with Gasteiger partial charge in [-0.15, -0.1) is 0 Å².